The molecular weight excluding hydrogens is 663 g/mol. The Balaban J connectivity index is 1.25. The Kier molecular flexibility index (Phi) is 5.93. The molecule has 7 nitrogen and oxygen atoms in total. The van der Waals surface area contributed by atoms with E-state index in [0.717, 1.165) is 44.1 Å². The minimum absolute atomic E-state index is 0.453. The first-order chi connectivity index (χ1) is 26.8. The van der Waals surface area contributed by atoms with E-state index in [1.54, 1.807) is 0 Å². The van der Waals surface area contributed by atoms with Gasteiger partial charge in [0.1, 0.15) is 0 Å². The first kappa shape index (κ1) is 29.1. The van der Waals surface area contributed by atoms with E-state index in [2.05, 4.69) is 87.8 Å². The lowest BCUT2D eigenvalue weighted by Crippen LogP contribution is -2.07. The van der Waals surface area contributed by atoms with Crippen molar-refractivity contribution >= 4 is 70.9 Å². The Bertz CT molecular complexity index is 3380. The second-order valence-corrected chi connectivity index (χ2v) is 13.7. The average Bonchev–Trinajstić information content (AvgIpc) is 3.72. The molecule has 54 heavy (non-hydrogen) atoms. The summed E-state index contributed by atoms with van der Waals surface area (Å²) in [5.41, 5.74) is 9.51. The summed E-state index contributed by atoms with van der Waals surface area (Å²) in [6.45, 7) is 0. The zero-order chi connectivity index (χ0) is 35.3. The molecule has 7 heteroatoms. The Hall–Kier alpha value is -7.51. The topological polar surface area (TPSA) is 73.8 Å². The van der Waals surface area contributed by atoms with Gasteiger partial charge in [-0.25, -0.2) is 24.9 Å². The summed E-state index contributed by atoms with van der Waals surface area (Å²) in [6.07, 6.45) is 0. The van der Waals surface area contributed by atoms with Gasteiger partial charge in [-0.1, -0.05) is 127 Å². The Morgan fingerprint density at radius 1 is 0.333 bits per heavy atom. The van der Waals surface area contributed by atoms with Gasteiger partial charge in [0, 0.05) is 38.1 Å². The van der Waals surface area contributed by atoms with Crippen LogP contribution in [-0.2, 0) is 0 Å². The van der Waals surface area contributed by atoms with Crippen molar-refractivity contribution in [2.45, 2.75) is 0 Å². The summed E-state index contributed by atoms with van der Waals surface area (Å²) in [6, 6.07) is 56.7. The molecule has 12 aromatic rings. The summed E-state index contributed by atoms with van der Waals surface area (Å²) in [5.74, 6) is 2.25. The highest BCUT2D eigenvalue weighted by atomic mass is 15.1. The number of para-hydroxylation sites is 4. The lowest BCUT2D eigenvalue weighted by atomic mass is 10.0. The quantitative estimate of drug-likeness (QED) is 0.184. The molecule has 5 aromatic heterocycles. The van der Waals surface area contributed by atoms with Crippen LogP contribution >= 0.6 is 0 Å². The highest BCUT2D eigenvalue weighted by molar-refractivity contribution is 6.31. The normalized spacial score (nSPS) is 12.1. The monoisotopic (exact) mass is 689 g/mol. The van der Waals surface area contributed by atoms with Gasteiger partial charge >= 0.3 is 0 Å². The molecule has 12 rings (SSSR count). The fourth-order valence-corrected chi connectivity index (χ4v) is 8.43. The largest absolute Gasteiger partial charge is 0.308 e. The lowest BCUT2D eigenvalue weighted by molar-refractivity contribution is 1.03. The van der Waals surface area contributed by atoms with Crippen molar-refractivity contribution in [1.29, 1.82) is 0 Å². The number of hydrogen-bond donors (Lipinski definition) is 0. The molecule has 0 atom stereocenters. The molecular formula is C47H27N7. The van der Waals surface area contributed by atoms with Crippen LogP contribution in [0.3, 0.4) is 0 Å². The Morgan fingerprint density at radius 2 is 0.833 bits per heavy atom. The van der Waals surface area contributed by atoms with Gasteiger partial charge in [0.15, 0.2) is 29.0 Å². The van der Waals surface area contributed by atoms with E-state index in [9.17, 15) is 0 Å². The van der Waals surface area contributed by atoms with Gasteiger partial charge in [-0.3, -0.25) is 4.57 Å². The molecule has 0 saturated carbocycles. The number of fused-ring (bicyclic) bond motifs is 6. The fourth-order valence-electron chi connectivity index (χ4n) is 8.43. The maximum absolute atomic E-state index is 5.42. The average molecular weight is 690 g/mol. The van der Waals surface area contributed by atoms with Gasteiger partial charge in [0.25, 0.3) is 0 Å². The lowest BCUT2D eigenvalue weighted by Gasteiger charge is -2.14. The summed E-state index contributed by atoms with van der Waals surface area (Å²) >= 11 is 0. The van der Waals surface area contributed by atoms with Crippen molar-refractivity contribution in [2.24, 2.45) is 0 Å². The minimum atomic E-state index is 0.453. The molecule has 5 heterocycles. The molecule has 0 saturated heterocycles. The van der Waals surface area contributed by atoms with Crippen LogP contribution in [0.4, 0.5) is 0 Å². The molecule has 7 aromatic carbocycles. The third-order valence-electron chi connectivity index (χ3n) is 10.7. The van der Waals surface area contributed by atoms with Crippen molar-refractivity contribution in [3.63, 3.8) is 0 Å². The molecule has 0 fully saturated rings. The van der Waals surface area contributed by atoms with Gasteiger partial charge in [0.05, 0.1) is 38.6 Å². The number of benzene rings is 7. The van der Waals surface area contributed by atoms with Crippen molar-refractivity contribution in [2.75, 3.05) is 0 Å². The molecule has 0 radical (unpaired) electrons. The van der Waals surface area contributed by atoms with Crippen molar-refractivity contribution in [1.82, 2.24) is 33.9 Å². The third kappa shape index (κ3) is 4.03. The molecule has 0 spiro atoms. The SMILES string of the molecule is c1ccc(-c2nc(-c3ccccc3)nc(-c3nc4ccccc4nc3-n3c4cccc5c6cccc7c8ccccc8n(c8cccc3c8c54)c67)n2)cc1. The van der Waals surface area contributed by atoms with Crippen LogP contribution in [0.15, 0.2) is 164 Å². The predicted molar refractivity (Wildman–Crippen MR) is 218 cm³/mol. The fraction of sp³-hybridized carbons (Fsp3) is 0. The van der Waals surface area contributed by atoms with E-state index in [1.165, 1.54) is 38.0 Å². The van der Waals surface area contributed by atoms with Gasteiger partial charge < -0.3 is 4.40 Å². The smallest absolute Gasteiger partial charge is 0.186 e. The standard InChI is InChI=1S/C47H27N7/c1-3-14-28(15-4-1)44-50-45(29-16-5-2-6-17-29)52-46(51-44)42-47(49-35-23-9-8-22-34(35)48-42)54-37-25-12-19-31-33-21-11-20-32-30-18-7-10-24-36(30)53(43(32)33)38-26-13-27-39(54)41(38)40(31)37/h1-27H. The van der Waals surface area contributed by atoms with Gasteiger partial charge in [0.2, 0.25) is 0 Å². The molecule has 0 bridgehead atoms. The van der Waals surface area contributed by atoms with Crippen molar-refractivity contribution in [3.8, 4) is 40.1 Å². The van der Waals surface area contributed by atoms with Crippen molar-refractivity contribution < 1.29 is 0 Å². The number of aromatic nitrogens is 7. The second-order valence-electron chi connectivity index (χ2n) is 13.7. The summed E-state index contributed by atoms with van der Waals surface area (Å²) < 4.78 is 4.71. The minimum Gasteiger partial charge on any atom is -0.308 e. The van der Waals surface area contributed by atoms with E-state index in [4.69, 9.17) is 24.9 Å². The van der Waals surface area contributed by atoms with Gasteiger partial charge in [-0.05, 0) is 41.8 Å². The van der Waals surface area contributed by atoms with Crippen LogP contribution in [0.1, 0.15) is 0 Å². The van der Waals surface area contributed by atoms with Crippen LogP contribution in [0.5, 0.6) is 0 Å². The predicted octanol–water partition coefficient (Wildman–Crippen LogP) is 11.1. The van der Waals surface area contributed by atoms with Gasteiger partial charge in [-0.2, -0.15) is 0 Å². The van der Waals surface area contributed by atoms with E-state index in [0.29, 0.717) is 29.0 Å². The van der Waals surface area contributed by atoms with E-state index in [1.807, 2.05) is 84.9 Å². The van der Waals surface area contributed by atoms with Crippen molar-refractivity contribution in [3.05, 3.63) is 164 Å². The Labute approximate surface area is 307 Å². The summed E-state index contributed by atoms with van der Waals surface area (Å²) in [7, 11) is 0. The van der Waals surface area contributed by atoms with Crippen LogP contribution in [0, 0.1) is 0 Å². The number of nitrogens with zero attached hydrogens (tertiary/aromatic N) is 7. The Morgan fingerprint density at radius 3 is 1.57 bits per heavy atom. The second kappa shape index (κ2) is 11.0. The first-order valence-electron chi connectivity index (χ1n) is 18.0. The molecule has 0 aliphatic carbocycles. The van der Waals surface area contributed by atoms with Gasteiger partial charge in [-0.15, -0.1) is 0 Å². The molecule has 0 N–H and O–H groups in total. The zero-order valence-corrected chi connectivity index (χ0v) is 28.7. The number of hydrogen-bond acceptors (Lipinski definition) is 5. The first-order valence-corrected chi connectivity index (χ1v) is 18.0. The van der Waals surface area contributed by atoms with Crippen LogP contribution < -0.4 is 0 Å². The highest BCUT2D eigenvalue weighted by Gasteiger charge is 2.26. The molecule has 0 amide bonds. The summed E-state index contributed by atoms with van der Waals surface area (Å²) in [5, 5.41) is 7.21. The molecule has 0 unspecified atom stereocenters. The van der Waals surface area contributed by atoms with Crippen LogP contribution in [0.25, 0.3) is 111 Å². The van der Waals surface area contributed by atoms with E-state index >= 15 is 0 Å². The summed E-state index contributed by atoms with van der Waals surface area (Å²) in [4.78, 5) is 26.0. The number of rotatable bonds is 4. The zero-order valence-electron chi connectivity index (χ0n) is 28.7. The van der Waals surface area contributed by atoms with E-state index in [-0.39, 0.29) is 0 Å². The molecule has 250 valence electrons. The van der Waals surface area contributed by atoms with Crippen LogP contribution in [0.2, 0.25) is 0 Å². The maximum atomic E-state index is 5.42. The molecule has 0 aliphatic rings. The highest BCUT2D eigenvalue weighted by Crippen LogP contribution is 2.44. The third-order valence-corrected chi connectivity index (χ3v) is 10.7. The van der Waals surface area contributed by atoms with Crippen LogP contribution in [-0.4, -0.2) is 33.9 Å². The molecule has 0 aliphatic heterocycles. The van der Waals surface area contributed by atoms with E-state index < -0.39 is 0 Å². The maximum Gasteiger partial charge on any atom is 0.186 e.